The molecule has 2 heterocycles. The number of rotatable bonds is 2. The molecule has 0 aromatic carbocycles. The summed E-state index contributed by atoms with van der Waals surface area (Å²) in [6.07, 6.45) is 3.32. The molecule has 3 heteroatoms. The van der Waals surface area contributed by atoms with Crippen LogP contribution >= 0.6 is 0 Å². The SMILES string of the molecule is COc1ccc(C23CC2CN(C)C3)cn1. The van der Waals surface area contributed by atoms with Crippen LogP contribution in [0.1, 0.15) is 12.0 Å². The third kappa shape index (κ3) is 1.26. The normalized spacial score (nSPS) is 33.9. The van der Waals surface area contributed by atoms with Crippen molar-refractivity contribution in [1.82, 2.24) is 9.88 Å². The van der Waals surface area contributed by atoms with Gasteiger partial charge in [0.25, 0.3) is 0 Å². The summed E-state index contributed by atoms with van der Waals surface area (Å²) < 4.78 is 5.08. The van der Waals surface area contributed by atoms with E-state index in [9.17, 15) is 0 Å². The van der Waals surface area contributed by atoms with Gasteiger partial charge in [0.05, 0.1) is 7.11 Å². The molecule has 0 bridgehead atoms. The number of methoxy groups -OCH3 is 1. The van der Waals surface area contributed by atoms with Crippen molar-refractivity contribution in [3.05, 3.63) is 23.9 Å². The molecule has 15 heavy (non-hydrogen) atoms. The Morgan fingerprint density at radius 2 is 2.40 bits per heavy atom. The zero-order valence-corrected chi connectivity index (χ0v) is 9.23. The predicted octanol–water partition coefficient (Wildman–Crippen LogP) is 1.29. The van der Waals surface area contributed by atoms with Gasteiger partial charge >= 0.3 is 0 Å². The molecule has 1 aromatic heterocycles. The zero-order valence-electron chi connectivity index (χ0n) is 9.23. The Bertz CT molecular complexity index is 376. The highest BCUT2D eigenvalue weighted by Crippen LogP contribution is 2.58. The quantitative estimate of drug-likeness (QED) is 0.726. The van der Waals surface area contributed by atoms with E-state index in [1.165, 1.54) is 25.1 Å². The number of hydrogen-bond acceptors (Lipinski definition) is 3. The largest absolute Gasteiger partial charge is 0.481 e. The van der Waals surface area contributed by atoms with Crippen LogP contribution < -0.4 is 4.74 Å². The van der Waals surface area contributed by atoms with E-state index in [2.05, 4.69) is 23.0 Å². The third-order valence-corrected chi connectivity index (χ3v) is 3.84. The van der Waals surface area contributed by atoms with Crippen molar-refractivity contribution in [3.8, 4) is 5.88 Å². The number of nitrogens with zero attached hydrogens (tertiary/aromatic N) is 2. The van der Waals surface area contributed by atoms with Gasteiger partial charge < -0.3 is 9.64 Å². The van der Waals surface area contributed by atoms with Crippen molar-refractivity contribution in [2.75, 3.05) is 27.2 Å². The minimum atomic E-state index is 0.425. The standard InChI is InChI=1S/C12H16N2O/c1-14-7-10-5-12(10,8-14)9-3-4-11(15-2)13-6-9/h3-4,6,10H,5,7-8H2,1-2H3. The molecule has 1 aliphatic carbocycles. The Balaban J connectivity index is 1.88. The monoisotopic (exact) mass is 204 g/mol. The maximum atomic E-state index is 5.08. The van der Waals surface area contributed by atoms with Crippen LogP contribution in [0.25, 0.3) is 0 Å². The lowest BCUT2D eigenvalue weighted by Gasteiger charge is -2.16. The lowest BCUT2D eigenvalue weighted by atomic mass is 9.97. The molecule has 2 unspecified atom stereocenters. The molecule has 0 amide bonds. The smallest absolute Gasteiger partial charge is 0.212 e. The first-order valence-corrected chi connectivity index (χ1v) is 5.44. The van der Waals surface area contributed by atoms with Crippen LogP contribution in [0.2, 0.25) is 0 Å². The molecule has 0 N–H and O–H groups in total. The van der Waals surface area contributed by atoms with Crippen molar-refractivity contribution in [3.63, 3.8) is 0 Å². The topological polar surface area (TPSA) is 25.4 Å². The molecule has 2 aliphatic rings. The molecular formula is C12H16N2O. The lowest BCUT2D eigenvalue weighted by Crippen LogP contribution is -2.22. The number of hydrogen-bond donors (Lipinski definition) is 0. The van der Waals surface area contributed by atoms with E-state index in [0.717, 1.165) is 5.92 Å². The Kier molecular flexibility index (Phi) is 1.80. The second-order valence-corrected chi connectivity index (χ2v) is 4.84. The van der Waals surface area contributed by atoms with Gasteiger partial charge in [-0.05, 0) is 24.9 Å². The maximum Gasteiger partial charge on any atom is 0.212 e. The molecular weight excluding hydrogens is 188 g/mol. The second kappa shape index (κ2) is 2.95. The Labute approximate surface area is 90.1 Å². The van der Waals surface area contributed by atoms with Gasteiger partial charge in [-0.3, -0.25) is 0 Å². The average Bonchev–Trinajstić information content (AvgIpc) is 2.83. The van der Waals surface area contributed by atoms with Crippen LogP contribution in [-0.4, -0.2) is 37.1 Å². The molecule has 1 aliphatic heterocycles. The van der Waals surface area contributed by atoms with E-state index < -0.39 is 0 Å². The molecule has 1 aromatic rings. The number of piperidine rings is 1. The minimum Gasteiger partial charge on any atom is -0.481 e. The first kappa shape index (κ1) is 9.16. The van der Waals surface area contributed by atoms with E-state index in [1.54, 1.807) is 7.11 Å². The number of pyridine rings is 1. The predicted molar refractivity (Wildman–Crippen MR) is 58.1 cm³/mol. The highest BCUT2D eigenvalue weighted by atomic mass is 16.5. The van der Waals surface area contributed by atoms with Gasteiger partial charge in [-0.2, -0.15) is 0 Å². The summed E-state index contributed by atoms with van der Waals surface area (Å²) in [7, 11) is 3.86. The minimum absolute atomic E-state index is 0.425. The highest BCUT2D eigenvalue weighted by molar-refractivity contribution is 5.36. The van der Waals surface area contributed by atoms with Gasteiger partial charge in [0.2, 0.25) is 5.88 Å². The van der Waals surface area contributed by atoms with Crippen molar-refractivity contribution in [2.45, 2.75) is 11.8 Å². The molecule has 0 spiro atoms. The summed E-state index contributed by atoms with van der Waals surface area (Å²) >= 11 is 0. The average molecular weight is 204 g/mol. The molecule has 2 atom stereocenters. The summed E-state index contributed by atoms with van der Waals surface area (Å²) in [6.45, 7) is 2.43. The summed E-state index contributed by atoms with van der Waals surface area (Å²) in [4.78, 5) is 6.71. The van der Waals surface area contributed by atoms with Crippen LogP contribution in [0.15, 0.2) is 18.3 Å². The molecule has 1 saturated heterocycles. The van der Waals surface area contributed by atoms with Gasteiger partial charge in [0, 0.05) is 30.8 Å². The lowest BCUT2D eigenvalue weighted by molar-refractivity contribution is 0.362. The number of ether oxygens (including phenoxy) is 1. The summed E-state index contributed by atoms with van der Waals surface area (Å²) in [5.41, 5.74) is 1.81. The third-order valence-electron chi connectivity index (χ3n) is 3.84. The van der Waals surface area contributed by atoms with Crippen LogP contribution in [0.3, 0.4) is 0 Å². The van der Waals surface area contributed by atoms with E-state index in [4.69, 9.17) is 4.74 Å². The van der Waals surface area contributed by atoms with Crippen LogP contribution in [0, 0.1) is 5.92 Å². The fourth-order valence-corrected chi connectivity index (χ4v) is 2.98. The summed E-state index contributed by atoms with van der Waals surface area (Å²) in [5.74, 6) is 1.57. The van der Waals surface area contributed by atoms with Gasteiger partial charge in [-0.15, -0.1) is 0 Å². The van der Waals surface area contributed by atoms with Crippen molar-refractivity contribution >= 4 is 0 Å². The molecule has 0 radical (unpaired) electrons. The zero-order chi connectivity index (χ0) is 10.5. The molecule has 80 valence electrons. The van der Waals surface area contributed by atoms with E-state index in [-0.39, 0.29) is 0 Å². The maximum absolute atomic E-state index is 5.08. The van der Waals surface area contributed by atoms with Gasteiger partial charge in [-0.25, -0.2) is 4.98 Å². The fraction of sp³-hybridized carbons (Fsp3) is 0.583. The highest BCUT2D eigenvalue weighted by Gasteiger charge is 2.59. The molecule has 3 nitrogen and oxygen atoms in total. The van der Waals surface area contributed by atoms with Crippen LogP contribution in [0.4, 0.5) is 0 Å². The Morgan fingerprint density at radius 1 is 1.53 bits per heavy atom. The van der Waals surface area contributed by atoms with Gasteiger partial charge in [0.1, 0.15) is 0 Å². The first-order valence-electron chi connectivity index (χ1n) is 5.44. The van der Waals surface area contributed by atoms with Crippen LogP contribution in [-0.2, 0) is 5.41 Å². The summed E-state index contributed by atoms with van der Waals surface area (Å²) in [5, 5.41) is 0. The number of likely N-dealkylation sites (N-methyl/N-ethyl adjacent to an activating group) is 1. The number of likely N-dealkylation sites (tertiary alicyclic amines) is 1. The van der Waals surface area contributed by atoms with E-state index >= 15 is 0 Å². The van der Waals surface area contributed by atoms with E-state index in [1.807, 2.05) is 12.3 Å². The van der Waals surface area contributed by atoms with E-state index in [0.29, 0.717) is 11.3 Å². The van der Waals surface area contributed by atoms with Crippen molar-refractivity contribution < 1.29 is 4.74 Å². The Hall–Kier alpha value is -1.09. The molecule has 1 saturated carbocycles. The van der Waals surface area contributed by atoms with Crippen molar-refractivity contribution in [1.29, 1.82) is 0 Å². The van der Waals surface area contributed by atoms with Crippen LogP contribution in [0.5, 0.6) is 5.88 Å². The van der Waals surface area contributed by atoms with Gasteiger partial charge in [-0.1, -0.05) is 6.07 Å². The second-order valence-electron chi connectivity index (χ2n) is 4.84. The van der Waals surface area contributed by atoms with Crippen molar-refractivity contribution in [2.24, 2.45) is 5.92 Å². The summed E-state index contributed by atoms with van der Waals surface area (Å²) in [6, 6.07) is 4.14. The number of aromatic nitrogens is 1. The van der Waals surface area contributed by atoms with Gasteiger partial charge in [0.15, 0.2) is 0 Å². The first-order chi connectivity index (χ1) is 7.24. The molecule has 2 fully saturated rings. The molecule has 3 rings (SSSR count). The fourth-order valence-electron chi connectivity index (χ4n) is 2.98. The number of fused-ring (bicyclic) bond motifs is 1. The Morgan fingerprint density at radius 3 is 2.93 bits per heavy atom.